The van der Waals surface area contributed by atoms with Crippen LogP contribution >= 0.6 is 23.5 Å². The molecule has 0 aromatic carbocycles. The molecule has 23 heavy (non-hydrogen) atoms. The Bertz CT molecular complexity index is 220. The molecule has 0 heterocycles. The molecule has 0 atom stereocenters. The van der Waals surface area contributed by atoms with Crippen molar-refractivity contribution in [1.82, 2.24) is 9.80 Å². The van der Waals surface area contributed by atoms with Crippen LogP contribution in [0.5, 0.6) is 0 Å². The summed E-state index contributed by atoms with van der Waals surface area (Å²) >= 11 is 3.92. The fourth-order valence-corrected chi connectivity index (χ4v) is 4.38. The van der Waals surface area contributed by atoms with Crippen molar-refractivity contribution >= 4 is 23.5 Å². The lowest BCUT2D eigenvalue weighted by Gasteiger charge is -2.21. The van der Waals surface area contributed by atoms with E-state index < -0.39 is 0 Å². The van der Waals surface area contributed by atoms with Crippen LogP contribution in [0.15, 0.2) is 0 Å². The van der Waals surface area contributed by atoms with Crippen LogP contribution in [0.1, 0.15) is 12.8 Å². The lowest BCUT2D eigenvalue weighted by molar-refractivity contribution is 0.234. The summed E-state index contributed by atoms with van der Waals surface area (Å²) in [6, 6.07) is 0. The number of thioether (sulfide) groups is 2. The summed E-state index contributed by atoms with van der Waals surface area (Å²) in [7, 11) is 0. The Hall–Kier alpha value is 0.460. The first kappa shape index (κ1) is 23.5. The topological polar surface area (TPSA) is 99.0 Å². The van der Waals surface area contributed by atoms with E-state index in [9.17, 15) is 0 Å². The lowest BCUT2D eigenvalue weighted by atomic mass is 10.4. The summed E-state index contributed by atoms with van der Waals surface area (Å²) in [4.78, 5) is 4.65. The van der Waals surface area contributed by atoms with Gasteiger partial charge in [0, 0.05) is 82.2 Å². The van der Waals surface area contributed by atoms with E-state index in [1.165, 1.54) is 0 Å². The summed E-state index contributed by atoms with van der Waals surface area (Å²) in [5.74, 6) is 2.21. The van der Waals surface area contributed by atoms with Crippen molar-refractivity contribution in [3.05, 3.63) is 0 Å². The Morgan fingerprint density at radius 1 is 0.652 bits per heavy atom. The number of rotatable bonds is 18. The molecule has 0 radical (unpaired) electrons. The van der Waals surface area contributed by atoms with Gasteiger partial charge in [-0.15, -0.1) is 23.5 Å². The molecule has 140 valence electrons. The minimum absolute atomic E-state index is 0.250. The highest BCUT2D eigenvalue weighted by atomic mass is 32.2. The van der Waals surface area contributed by atoms with Crippen LogP contribution in [-0.2, 0) is 0 Å². The van der Waals surface area contributed by atoms with Crippen molar-refractivity contribution in [1.29, 1.82) is 0 Å². The van der Waals surface area contributed by atoms with E-state index in [1.54, 1.807) is 0 Å². The molecule has 0 aliphatic rings. The molecule has 0 aromatic rings. The maximum atomic E-state index is 8.90. The Kier molecular flexibility index (Phi) is 19.2. The van der Waals surface area contributed by atoms with Crippen molar-refractivity contribution < 1.29 is 10.2 Å². The zero-order chi connectivity index (χ0) is 17.2. The standard InChI is InChI=1S/C15H36N4O2S2/c16-3-7-18(5-1-11-20)9-13-22-15-23-14-10-19(8-4-17)6-2-12-21/h20-21H,1-17H2. The molecule has 8 heteroatoms. The van der Waals surface area contributed by atoms with Gasteiger partial charge in [0.05, 0.1) is 0 Å². The maximum Gasteiger partial charge on any atom is 0.0443 e. The van der Waals surface area contributed by atoms with Crippen LogP contribution in [0.2, 0.25) is 0 Å². The Morgan fingerprint density at radius 3 is 1.43 bits per heavy atom. The predicted molar refractivity (Wildman–Crippen MR) is 104 cm³/mol. The zero-order valence-electron chi connectivity index (χ0n) is 14.4. The Morgan fingerprint density at radius 2 is 1.09 bits per heavy atom. The van der Waals surface area contributed by atoms with Gasteiger partial charge < -0.3 is 31.5 Å². The molecule has 0 fully saturated rings. The fraction of sp³-hybridized carbons (Fsp3) is 1.00. The lowest BCUT2D eigenvalue weighted by Crippen LogP contribution is -2.33. The SMILES string of the molecule is NCCN(CCCO)CCSCSCCN(CCN)CCCO. The highest BCUT2D eigenvalue weighted by Crippen LogP contribution is 2.12. The molecule has 6 N–H and O–H groups in total. The van der Waals surface area contributed by atoms with Crippen molar-refractivity contribution in [2.24, 2.45) is 11.5 Å². The van der Waals surface area contributed by atoms with E-state index in [0.29, 0.717) is 13.1 Å². The molecule has 0 saturated heterocycles. The minimum atomic E-state index is 0.250. The number of nitrogens with two attached hydrogens (primary N) is 2. The van der Waals surface area contributed by atoms with Crippen LogP contribution in [0.3, 0.4) is 0 Å². The summed E-state index contributed by atoms with van der Waals surface area (Å²) in [6.45, 7) is 7.61. The average molecular weight is 369 g/mol. The molecule has 0 aromatic heterocycles. The van der Waals surface area contributed by atoms with Gasteiger partial charge in [-0.2, -0.15) is 0 Å². The number of hydrogen-bond acceptors (Lipinski definition) is 8. The molecular formula is C15H36N4O2S2. The van der Waals surface area contributed by atoms with Gasteiger partial charge in [-0.3, -0.25) is 0 Å². The first-order valence-electron chi connectivity index (χ1n) is 8.50. The molecule has 0 bridgehead atoms. The first-order chi connectivity index (χ1) is 11.3. The second-order valence-corrected chi connectivity index (χ2v) is 7.93. The zero-order valence-corrected chi connectivity index (χ0v) is 16.0. The van der Waals surface area contributed by atoms with E-state index in [2.05, 4.69) is 9.80 Å². The van der Waals surface area contributed by atoms with E-state index in [-0.39, 0.29) is 13.2 Å². The third kappa shape index (κ3) is 15.7. The third-order valence-corrected chi connectivity index (χ3v) is 5.70. The molecular weight excluding hydrogens is 332 g/mol. The molecule has 0 rings (SSSR count). The Balaban J connectivity index is 3.58. The van der Waals surface area contributed by atoms with Gasteiger partial charge in [0.15, 0.2) is 0 Å². The van der Waals surface area contributed by atoms with E-state index in [4.69, 9.17) is 21.7 Å². The maximum absolute atomic E-state index is 8.90. The third-order valence-electron chi connectivity index (χ3n) is 3.43. The van der Waals surface area contributed by atoms with Gasteiger partial charge in [-0.1, -0.05) is 0 Å². The quantitative estimate of drug-likeness (QED) is 0.193. The van der Waals surface area contributed by atoms with E-state index in [0.717, 1.165) is 68.7 Å². The molecule has 0 amide bonds. The average Bonchev–Trinajstić information content (AvgIpc) is 2.56. The summed E-state index contributed by atoms with van der Waals surface area (Å²) in [6.07, 6.45) is 1.65. The number of aliphatic hydroxyl groups is 2. The largest absolute Gasteiger partial charge is 0.396 e. The van der Waals surface area contributed by atoms with Gasteiger partial charge >= 0.3 is 0 Å². The monoisotopic (exact) mass is 368 g/mol. The Labute approximate surface area is 150 Å². The first-order valence-corrected chi connectivity index (χ1v) is 10.8. The smallest absolute Gasteiger partial charge is 0.0443 e. The second kappa shape index (κ2) is 18.8. The van der Waals surface area contributed by atoms with Gasteiger partial charge in [-0.05, 0) is 12.8 Å². The van der Waals surface area contributed by atoms with Crippen LogP contribution in [0.25, 0.3) is 0 Å². The summed E-state index contributed by atoms with van der Waals surface area (Å²) < 4.78 is 0. The van der Waals surface area contributed by atoms with E-state index >= 15 is 0 Å². The van der Waals surface area contributed by atoms with Crippen LogP contribution in [-0.4, -0.2) is 102 Å². The van der Waals surface area contributed by atoms with Crippen LogP contribution in [0.4, 0.5) is 0 Å². The molecule has 0 aliphatic heterocycles. The molecule has 0 aliphatic carbocycles. The van der Waals surface area contributed by atoms with Gasteiger partial charge in [0.25, 0.3) is 0 Å². The van der Waals surface area contributed by atoms with Crippen molar-refractivity contribution in [2.45, 2.75) is 12.8 Å². The van der Waals surface area contributed by atoms with E-state index in [1.807, 2.05) is 23.5 Å². The van der Waals surface area contributed by atoms with Gasteiger partial charge in [0.2, 0.25) is 0 Å². The number of aliphatic hydroxyl groups excluding tert-OH is 2. The van der Waals surface area contributed by atoms with Crippen LogP contribution < -0.4 is 11.5 Å². The number of nitrogens with zero attached hydrogens (tertiary/aromatic N) is 2. The van der Waals surface area contributed by atoms with Crippen molar-refractivity contribution in [3.63, 3.8) is 0 Å². The van der Waals surface area contributed by atoms with Crippen molar-refractivity contribution in [3.8, 4) is 0 Å². The molecule has 6 nitrogen and oxygen atoms in total. The van der Waals surface area contributed by atoms with Crippen LogP contribution in [0, 0.1) is 0 Å². The summed E-state index contributed by atoms with van der Waals surface area (Å²) in [5, 5.41) is 18.9. The minimum Gasteiger partial charge on any atom is -0.396 e. The molecule has 0 saturated carbocycles. The summed E-state index contributed by atoms with van der Waals surface area (Å²) in [5.41, 5.74) is 11.2. The van der Waals surface area contributed by atoms with Crippen molar-refractivity contribution in [2.75, 3.05) is 82.2 Å². The fourth-order valence-electron chi connectivity index (χ4n) is 2.19. The highest BCUT2D eigenvalue weighted by Gasteiger charge is 2.05. The van der Waals surface area contributed by atoms with Gasteiger partial charge in [0.1, 0.15) is 0 Å². The highest BCUT2D eigenvalue weighted by molar-refractivity contribution is 8.15. The molecule has 0 unspecified atom stereocenters. The molecule has 0 spiro atoms. The second-order valence-electron chi connectivity index (χ2n) is 5.35. The predicted octanol–water partition coefficient (Wildman–Crippen LogP) is -0.303. The normalized spacial score (nSPS) is 11.7. The number of hydrogen-bond donors (Lipinski definition) is 4. The van der Waals surface area contributed by atoms with Gasteiger partial charge in [-0.25, -0.2) is 0 Å².